The van der Waals surface area contributed by atoms with Crippen molar-refractivity contribution in [3.63, 3.8) is 0 Å². The average molecular weight is 350 g/mol. The number of halogens is 3. The first-order chi connectivity index (χ1) is 10.8. The molecule has 0 saturated heterocycles. The van der Waals surface area contributed by atoms with E-state index in [4.69, 9.17) is 12.2 Å². The van der Waals surface area contributed by atoms with Crippen LogP contribution in [0.1, 0.15) is 38.4 Å². The largest absolute Gasteiger partial charge is 0.392 e. The molecule has 2 atom stereocenters. The van der Waals surface area contributed by atoms with Crippen LogP contribution in [0.2, 0.25) is 0 Å². The fraction of sp³-hybridized carbons (Fsp3) is 0.786. The lowest BCUT2D eigenvalue weighted by atomic mass is 9.78. The van der Waals surface area contributed by atoms with E-state index in [1.54, 1.807) is 4.57 Å². The van der Waals surface area contributed by atoms with Crippen molar-refractivity contribution < 1.29 is 18.0 Å². The highest BCUT2D eigenvalue weighted by Crippen LogP contribution is 2.41. The fourth-order valence-electron chi connectivity index (χ4n) is 3.11. The summed E-state index contributed by atoms with van der Waals surface area (Å²) in [6.45, 7) is 2.56. The molecule has 0 aliphatic heterocycles. The number of rotatable bonds is 5. The summed E-state index contributed by atoms with van der Waals surface area (Å²) in [4.78, 5) is 12.2. The highest BCUT2D eigenvalue weighted by molar-refractivity contribution is 7.71. The number of aromatic amines is 1. The van der Waals surface area contributed by atoms with E-state index < -0.39 is 23.9 Å². The van der Waals surface area contributed by atoms with Gasteiger partial charge in [-0.2, -0.15) is 18.3 Å². The number of aryl methyl sites for hydroxylation is 1. The predicted octanol–water partition coefficient (Wildman–Crippen LogP) is 2.99. The number of nitrogens with zero attached hydrogens (tertiary/aromatic N) is 2. The zero-order valence-electron chi connectivity index (χ0n) is 12.9. The van der Waals surface area contributed by atoms with Crippen LogP contribution in [-0.4, -0.2) is 33.4 Å². The lowest BCUT2D eigenvalue weighted by Gasteiger charge is -2.32. The summed E-state index contributed by atoms with van der Waals surface area (Å²) in [6.07, 6.45) is -2.12. The standard InChI is InChI=1S/C14H21F3N4OS/c1-2-11-19-20-13(23)21(11)8-7-18-12(22)9-5-3-4-6-10(9)14(15,16)17/h9-10H,2-8H2,1H3,(H,18,22)(H,20,23)/t9-,10-/m1/s1. The second-order valence-electron chi connectivity index (χ2n) is 5.78. The molecular weight excluding hydrogens is 329 g/mol. The van der Waals surface area contributed by atoms with Crippen LogP contribution in [-0.2, 0) is 17.8 Å². The van der Waals surface area contributed by atoms with Gasteiger partial charge in [-0.1, -0.05) is 19.8 Å². The molecule has 0 bridgehead atoms. The first-order valence-corrected chi connectivity index (χ1v) is 8.24. The second kappa shape index (κ2) is 7.46. The topological polar surface area (TPSA) is 62.7 Å². The lowest BCUT2D eigenvalue weighted by Crippen LogP contribution is -2.43. The number of aromatic nitrogens is 3. The van der Waals surface area contributed by atoms with Crippen molar-refractivity contribution in [1.29, 1.82) is 0 Å². The molecule has 2 N–H and O–H groups in total. The van der Waals surface area contributed by atoms with Gasteiger partial charge in [-0.3, -0.25) is 9.89 Å². The Balaban J connectivity index is 1.93. The maximum Gasteiger partial charge on any atom is 0.392 e. The van der Waals surface area contributed by atoms with Gasteiger partial charge in [-0.15, -0.1) is 0 Å². The molecule has 9 heteroatoms. The molecule has 1 amide bonds. The molecule has 130 valence electrons. The number of carbonyl (C=O) groups is 1. The Hall–Kier alpha value is -1.38. The first kappa shape index (κ1) is 18.0. The molecule has 2 rings (SSSR count). The van der Waals surface area contributed by atoms with Gasteiger partial charge in [0.15, 0.2) is 4.77 Å². The van der Waals surface area contributed by atoms with E-state index in [1.165, 1.54) is 0 Å². The number of H-pyrrole nitrogens is 1. The molecule has 0 spiro atoms. The van der Waals surface area contributed by atoms with Gasteiger partial charge in [0, 0.05) is 25.4 Å². The van der Waals surface area contributed by atoms with Crippen LogP contribution in [0.15, 0.2) is 0 Å². The van der Waals surface area contributed by atoms with Gasteiger partial charge in [0.2, 0.25) is 5.91 Å². The van der Waals surface area contributed by atoms with Gasteiger partial charge < -0.3 is 9.88 Å². The van der Waals surface area contributed by atoms with E-state index in [9.17, 15) is 18.0 Å². The SMILES string of the molecule is CCc1n[nH]c(=S)n1CCNC(=O)[C@@H]1CCCC[C@H]1C(F)(F)F. The van der Waals surface area contributed by atoms with Crippen LogP contribution < -0.4 is 5.32 Å². The van der Waals surface area contributed by atoms with Crippen molar-refractivity contribution in [1.82, 2.24) is 20.1 Å². The molecule has 1 heterocycles. The molecule has 1 aliphatic carbocycles. The third kappa shape index (κ3) is 4.33. The summed E-state index contributed by atoms with van der Waals surface area (Å²) in [5.41, 5.74) is 0. The number of alkyl halides is 3. The Morgan fingerprint density at radius 2 is 2.13 bits per heavy atom. The molecule has 5 nitrogen and oxygen atoms in total. The maximum atomic E-state index is 13.0. The first-order valence-electron chi connectivity index (χ1n) is 7.83. The van der Waals surface area contributed by atoms with Crippen molar-refractivity contribution in [3.8, 4) is 0 Å². The third-order valence-corrected chi connectivity index (χ3v) is 4.62. The van der Waals surface area contributed by atoms with E-state index in [0.29, 0.717) is 37.0 Å². The number of carbonyl (C=O) groups excluding carboxylic acids is 1. The summed E-state index contributed by atoms with van der Waals surface area (Å²) in [7, 11) is 0. The molecular formula is C14H21F3N4OS. The van der Waals surface area contributed by atoms with Crippen molar-refractivity contribution in [3.05, 3.63) is 10.6 Å². The zero-order valence-corrected chi connectivity index (χ0v) is 13.8. The van der Waals surface area contributed by atoms with Crippen LogP contribution in [0.4, 0.5) is 13.2 Å². The number of hydrogen-bond donors (Lipinski definition) is 2. The van der Waals surface area contributed by atoms with Crippen molar-refractivity contribution >= 4 is 18.1 Å². The number of amides is 1. The monoisotopic (exact) mass is 350 g/mol. The summed E-state index contributed by atoms with van der Waals surface area (Å²) in [5.74, 6) is -2.26. The summed E-state index contributed by atoms with van der Waals surface area (Å²) in [6, 6.07) is 0. The van der Waals surface area contributed by atoms with Crippen LogP contribution in [0.25, 0.3) is 0 Å². The maximum absolute atomic E-state index is 13.0. The van der Waals surface area contributed by atoms with E-state index in [-0.39, 0.29) is 13.0 Å². The van der Waals surface area contributed by atoms with Gasteiger partial charge in [0.1, 0.15) is 5.82 Å². The van der Waals surface area contributed by atoms with Crippen molar-refractivity contribution in [2.75, 3.05) is 6.54 Å². The van der Waals surface area contributed by atoms with Crippen LogP contribution in [0.3, 0.4) is 0 Å². The Morgan fingerprint density at radius 3 is 2.78 bits per heavy atom. The molecule has 23 heavy (non-hydrogen) atoms. The molecule has 1 aromatic heterocycles. The van der Waals surface area contributed by atoms with E-state index in [2.05, 4.69) is 15.5 Å². The molecule has 0 radical (unpaired) electrons. The quantitative estimate of drug-likeness (QED) is 0.803. The fourth-order valence-corrected chi connectivity index (χ4v) is 3.35. The van der Waals surface area contributed by atoms with Crippen LogP contribution >= 0.6 is 12.2 Å². The van der Waals surface area contributed by atoms with E-state index in [1.807, 2.05) is 6.92 Å². The lowest BCUT2D eigenvalue weighted by molar-refractivity contribution is -0.198. The molecule has 1 fully saturated rings. The molecule has 0 unspecified atom stereocenters. The van der Waals surface area contributed by atoms with Crippen molar-refractivity contribution in [2.45, 2.75) is 51.7 Å². The molecule has 1 saturated carbocycles. The van der Waals surface area contributed by atoms with Crippen molar-refractivity contribution in [2.24, 2.45) is 11.8 Å². The summed E-state index contributed by atoms with van der Waals surface area (Å²) < 4.78 is 41.3. The number of hydrogen-bond acceptors (Lipinski definition) is 3. The minimum absolute atomic E-state index is 0.0361. The van der Waals surface area contributed by atoms with Gasteiger partial charge in [0.25, 0.3) is 0 Å². The van der Waals surface area contributed by atoms with Gasteiger partial charge in [-0.05, 0) is 25.1 Å². The van der Waals surface area contributed by atoms with Gasteiger partial charge in [-0.25, -0.2) is 0 Å². The summed E-state index contributed by atoms with van der Waals surface area (Å²) in [5, 5.41) is 9.34. The van der Waals surface area contributed by atoms with Crippen LogP contribution in [0, 0.1) is 16.6 Å². The Bertz CT molecular complexity index is 596. The van der Waals surface area contributed by atoms with Gasteiger partial charge >= 0.3 is 6.18 Å². The molecule has 1 aromatic rings. The third-order valence-electron chi connectivity index (χ3n) is 4.31. The number of nitrogens with one attached hydrogen (secondary N) is 2. The Morgan fingerprint density at radius 1 is 1.43 bits per heavy atom. The smallest absolute Gasteiger partial charge is 0.354 e. The average Bonchev–Trinajstić information content (AvgIpc) is 2.87. The van der Waals surface area contributed by atoms with Crippen LogP contribution in [0.5, 0.6) is 0 Å². The summed E-state index contributed by atoms with van der Waals surface area (Å²) >= 11 is 5.09. The minimum Gasteiger partial charge on any atom is -0.354 e. The van der Waals surface area contributed by atoms with E-state index >= 15 is 0 Å². The van der Waals surface area contributed by atoms with Gasteiger partial charge in [0.05, 0.1) is 5.92 Å². The van der Waals surface area contributed by atoms with E-state index in [0.717, 1.165) is 5.82 Å². The second-order valence-corrected chi connectivity index (χ2v) is 6.17. The molecule has 1 aliphatic rings. The highest BCUT2D eigenvalue weighted by atomic mass is 32.1. The zero-order chi connectivity index (χ0) is 17.0. The highest BCUT2D eigenvalue weighted by Gasteiger charge is 2.47. The normalized spacial score (nSPS) is 22.1. The minimum atomic E-state index is -4.31. The predicted molar refractivity (Wildman–Crippen MR) is 81.3 cm³/mol. The Kier molecular flexibility index (Phi) is 5.83. The Labute approximate surface area is 137 Å². The molecule has 0 aromatic carbocycles.